The van der Waals surface area contributed by atoms with Crippen molar-refractivity contribution in [3.8, 4) is 11.5 Å². The highest BCUT2D eigenvalue weighted by Gasteiger charge is 2.16. The number of furan rings is 1. The van der Waals surface area contributed by atoms with Crippen LogP contribution in [0.25, 0.3) is 43.5 Å². The monoisotopic (exact) mass is 444 g/mol. The number of unbranched alkanes of at least 4 members (excludes halogenated alkanes) is 2. The van der Waals surface area contributed by atoms with E-state index >= 15 is 0 Å². The average Bonchev–Trinajstić information content (AvgIpc) is 3.24. The van der Waals surface area contributed by atoms with E-state index in [4.69, 9.17) is 24.1 Å². The highest BCUT2D eigenvalue weighted by Crippen LogP contribution is 2.42. The summed E-state index contributed by atoms with van der Waals surface area (Å²) in [6.07, 6.45) is 3.10. The van der Waals surface area contributed by atoms with E-state index in [1.807, 2.05) is 36.4 Å². The number of hydrogen-bond donors (Lipinski definition) is 2. The number of hydrogen-bond acceptors (Lipinski definition) is 5. The maximum absolute atomic E-state index is 9.02. The van der Waals surface area contributed by atoms with Gasteiger partial charge in [-0.3, -0.25) is 0 Å². The first-order chi connectivity index (χ1) is 16.3. The molecule has 0 saturated heterocycles. The van der Waals surface area contributed by atoms with Crippen LogP contribution < -0.4 is 9.47 Å². The Hall–Kier alpha value is -3.28. The summed E-state index contributed by atoms with van der Waals surface area (Å²) < 4.78 is 18.3. The van der Waals surface area contributed by atoms with Gasteiger partial charge in [0.05, 0.1) is 13.2 Å². The van der Waals surface area contributed by atoms with Crippen molar-refractivity contribution in [1.82, 2.24) is 0 Å². The number of ether oxygens (including phenoxy) is 2. The SMILES string of the molecule is OCCCCOc1cccc2c1ccc1oc3ccc4c(OCCCCO)cccc4c3c12. The third-order valence-electron chi connectivity index (χ3n) is 6.06. The van der Waals surface area contributed by atoms with E-state index in [0.717, 1.165) is 80.7 Å². The van der Waals surface area contributed by atoms with Gasteiger partial charge in [0.2, 0.25) is 0 Å². The molecule has 2 N–H and O–H groups in total. The lowest BCUT2D eigenvalue weighted by Crippen LogP contribution is -1.99. The molecule has 0 atom stereocenters. The van der Waals surface area contributed by atoms with Crippen LogP contribution in [0, 0.1) is 0 Å². The molecule has 0 aliphatic heterocycles. The quantitative estimate of drug-likeness (QED) is 0.251. The van der Waals surface area contributed by atoms with Gasteiger partial charge in [0.25, 0.3) is 0 Å². The molecule has 5 heteroatoms. The Morgan fingerprint density at radius 2 is 1.03 bits per heavy atom. The minimum atomic E-state index is 0.181. The summed E-state index contributed by atoms with van der Waals surface area (Å²) in [5.41, 5.74) is 1.69. The van der Waals surface area contributed by atoms with Crippen molar-refractivity contribution in [2.45, 2.75) is 25.7 Å². The predicted octanol–water partition coefficient (Wildman–Crippen LogP) is 6.20. The zero-order valence-electron chi connectivity index (χ0n) is 18.5. The molecule has 5 rings (SSSR count). The average molecular weight is 445 g/mol. The largest absolute Gasteiger partial charge is 0.493 e. The summed E-state index contributed by atoms with van der Waals surface area (Å²) in [6.45, 7) is 1.51. The molecule has 0 saturated carbocycles. The topological polar surface area (TPSA) is 72.1 Å². The van der Waals surface area contributed by atoms with Gasteiger partial charge in [-0.1, -0.05) is 24.3 Å². The molecule has 0 radical (unpaired) electrons. The van der Waals surface area contributed by atoms with Crippen LogP contribution in [0.3, 0.4) is 0 Å². The molecular formula is C28H28O5. The van der Waals surface area contributed by atoms with Gasteiger partial charge in [0.1, 0.15) is 22.7 Å². The molecule has 33 heavy (non-hydrogen) atoms. The first kappa shape index (κ1) is 21.6. The number of fused-ring (bicyclic) bond motifs is 7. The van der Waals surface area contributed by atoms with Gasteiger partial charge in [-0.05, 0) is 72.9 Å². The second kappa shape index (κ2) is 9.69. The lowest BCUT2D eigenvalue weighted by molar-refractivity contribution is 0.254. The van der Waals surface area contributed by atoms with E-state index in [1.165, 1.54) is 0 Å². The highest BCUT2D eigenvalue weighted by atomic mass is 16.5. The van der Waals surface area contributed by atoms with E-state index in [-0.39, 0.29) is 13.2 Å². The first-order valence-electron chi connectivity index (χ1n) is 11.6. The maximum atomic E-state index is 9.02. The molecule has 5 aromatic rings. The van der Waals surface area contributed by atoms with Gasteiger partial charge in [0.15, 0.2) is 0 Å². The van der Waals surface area contributed by atoms with Crippen LogP contribution in [-0.2, 0) is 0 Å². The summed E-state index contributed by atoms with van der Waals surface area (Å²) >= 11 is 0. The van der Waals surface area contributed by atoms with Crippen LogP contribution in [0.4, 0.5) is 0 Å². The minimum Gasteiger partial charge on any atom is -0.493 e. The van der Waals surface area contributed by atoms with Crippen LogP contribution in [0.15, 0.2) is 65.1 Å². The number of aliphatic hydroxyl groups excluding tert-OH is 2. The summed E-state index contributed by atoms with van der Waals surface area (Å²) in [4.78, 5) is 0. The fourth-order valence-electron chi connectivity index (χ4n) is 4.47. The summed E-state index contributed by atoms with van der Waals surface area (Å²) in [6, 6.07) is 20.4. The van der Waals surface area contributed by atoms with E-state index in [2.05, 4.69) is 24.3 Å². The van der Waals surface area contributed by atoms with Crippen molar-refractivity contribution >= 4 is 43.5 Å². The fraction of sp³-hybridized carbons (Fsp3) is 0.286. The van der Waals surface area contributed by atoms with Crippen molar-refractivity contribution < 1.29 is 24.1 Å². The zero-order valence-corrected chi connectivity index (χ0v) is 18.5. The lowest BCUT2D eigenvalue weighted by Gasteiger charge is -2.11. The Balaban J connectivity index is 1.64. The molecule has 0 amide bonds. The fourth-order valence-corrected chi connectivity index (χ4v) is 4.47. The Morgan fingerprint density at radius 1 is 0.545 bits per heavy atom. The molecule has 0 aliphatic rings. The molecule has 0 aliphatic carbocycles. The molecule has 0 bridgehead atoms. The van der Waals surface area contributed by atoms with Crippen molar-refractivity contribution in [3.05, 3.63) is 60.7 Å². The molecule has 170 valence electrons. The third kappa shape index (κ3) is 4.10. The third-order valence-corrected chi connectivity index (χ3v) is 6.06. The molecule has 0 fully saturated rings. The maximum Gasteiger partial charge on any atom is 0.136 e. The van der Waals surface area contributed by atoms with Gasteiger partial charge in [-0.25, -0.2) is 0 Å². The van der Waals surface area contributed by atoms with E-state index in [1.54, 1.807) is 0 Å². The minimum absolute atomic E-state index is 0.181. The van der Waals surface area contributed by atoms with Crippen molar-refractivity contribution in [1.29, 1.82) is 0 Å². The Labute approximate surface area is 192 Å². The van der Waals surface area contributed by atoms with Crippen molar-refractivity contribution in [2.75, 3.05) is 26.4 Å². The van der Waals surface area contributed by atoms with Gasteiger partial charge in [-0.15, -0.1) is 0 Å². The zero-order chi connectivity index (χ0) is 22.6. The summed E-state index contributed by atoms with van der Waals surface area (Å²) in [7, 11) is 0. The normalized spacial score (nSPS) is 11.7. The molecular weight excluding hydrogens is 416 g/mol. The van der Waals surface area contributed by atoms with E-state index in [0.29, 0.717) is 13.2 Å². The van der Waals surface area contributed by atoms with Gasteiger partial charge in [0, 0.05) is 34.8 Å². The second-order valence-electron chi connectivity index (χ2n) is 8.24. The second-order valence-corrected chi connectivity index (χ2v) is 8.24. The number of aliphatic hydroxyl groups is 2. The Morgan fingerprint density at radius 3 is 1.48 bits per heavy atom. The number of benzene rings is 4. The lowest BCUT2D eigenvalue weighted by atomic mass is 9.99. The van der Waals surface area contributed by atoms with Gasteiger partial charge < -0.3 is 24.1 Å². The van der Waals surface area contributed by atoms with E-state index < -0.39 is 0 Å². The Kier molecular flexibility index (Phi) is 6.33. The molecule has 1 aromatic heterocycles. The molecule has 4 aromatic carbocycles. The van der Waals surface area contributed by atoms with Gasteiger partial charge >= 0.3 is 0 Å². The smallest absolute Gasteiger partial charge is 0.136 e. The van der Waals surface area contributed by atoms with Crippen LogP contribution >= 0.6 is 0 Å². The van der Waals surface area contributed by atoms with E-state index in [9.17, 15) is 0 Å². The highest BCUT2D eigenvalue weighted by molar-refractivity contribution is 6.27. The van der Waals surface area contributed by atoms with Crippen molar-refractivity contribution in [3.63, 3.8) is 0 Å². The van der Waals surface area contributed by atoms with Crippen LogP contribution in [0.2, 0.25) is 0 Å². The predicted molar refractivity (Wildman–Crippen MR) is 132 cm³/mol. The summed E-state index contributed by atoms with van der Waals surface area (Å²) in [5, 5.41) is 24.5. The van der Waals surface area contributed by atoms with Crippen molar-refractivity contribution in [2.24, 2.45) is 0 Å². The molecule has 5 nitrogen and oxygen atoms in total. The first-order valence-corrected chi connectivity index (χ1v) is 11.6. The molecule has 1 heterocycles. The van der Waals surface area contributed by atoms with Crippen LogP contribution in [0.5, 0.6) is 11.5 Å². The standard InChI is InChI=1S/C28H28O5/c29-15-1-3-17-31-23-9-5-7-21-19(23)11-13-25-27(21)28-22-8-6-10-24(32-18-4-2-16-30)20(22)12-14-26(28)33-25/h5-14,29-30H,1-4,15-18H2. The van der Waals surface area contributed by atoms with Gasteiger partial charge in [-0.2, -0.15) is 0 Å². The summed E-state index contributed by atoms with van der Waals surface area (Å²) in [5.74, 6) is 1.68. The van der Waals surface area contributed by atoms with Crippen LogP contribution in [0.1, 0.15) is 25.7 Å². The number of rotatable bonds is 10. The molecule has 0 spiro atoms. The van der Waals surface area contributed by atoms with Crippen LogP contribution in [-0.4, -0.2) is 36.6 Å². The molecule has 0 unspecified atom stereocenters. The Bertz CT molecular complexity index is 1300.